The average Bonchev–Trinajstić information content (AvgIpc) is 2.81. The molecule has 0 bridgehead atoms. The smallest absolute Gasteiger partial charge is 0.308 e. The zero-order chi connectivity index (χ0) is 17.6. The third-order valence-corrected chi connectivity index (χ3v) is 3.68. The summed E-state index contributed by atoms with van der Waals surface area (Å²) in [5, 5.41) is 0.860. The van der Waals surface area contributed by atoms with Gasteiger partial charge in [-0.25, -0.2) is 0 Å². The van der Waals surface area contributed by atoms with Crippen LogP contribution in [0, 0.1) is 6.92 Å². The molecule has 0 amide bonds. The number of nitrogens with zero attached hydrogens (tertiary/aromatic N) is 1. The van der Waals surface area contributed by atoms with Gasteiger partial charge in [0, 0.05) is 44.1 Å². The van der Waals surface area contributed by atoms with Crippen molar-refractivity contribution in [1.29, 1.82) is 0 Å². The zero-order valence-electron chi connectivity index (χ0n) is 13.6. The zero-order valence-corrected chi connectivity index (χ0v) is 13.6. The molecule has 3 aromatic rings. The third kappa shape index (κ3) is 2.54. The topological polar surface area (TPSA) is 87.7 Å². The summed E-state index contributed by atoms with van der Waals surface area (Å²) in [6.07, 6.45) is 0. The van der Waals surface area contributed by atoms with Crippen molar-refractivity contribution < 1.29 is 23.5 Å². The van der Waals surface area contributed by atoms with E-state index in [1.54, 1.807) is 20.0 Å². The second kappa shape index (κ2) is 5.52. The van der Waals surface area contributed by atoms with Crippen molar-refractivity contribution in [2.24, 2.45) is 7.05 Å². The van der Waals surface area contributed by atoms with Crippen molar-refractivity contribution >= 4 is 33.9 Å². The van der Waals surface area contributed by atoms with Crippen LogP contribution in [0.5, 0.6) is 11.5 Å². The molecule has 3 rings (SSSR count). The number of furan rings is 1. The van der Waals surface area contributed by atoms with Crippen molar-refractivity contribution in [1.82, 2.24) is 4.57 Å². The van der Waals surface area contributed by atoms with Crippen molar-refractivity contribution in [3.63, 3.8) is 0 Å². The molecule has 1 aromatic carbocycles. The highest BCUT2D eigenvalue weighted by Gasteiger charge is 2.19. The van der Waals surface area contributed by atoms with E-state index in [2.05, 4.69) is 0 Å². The highest BCUT2D eigenvalue weighted by atomic mass is 16.6. The van der Waals surface area contributed by atoms with Gasteiger partial charge in [-0.3, -0.25) is 14.4 Å². The first-order valence-electron chi connectivity index (χ1n) is 7.21. The quantitative estimate of drug-likeness (QED) is 0.530. The van der Waals surface area contributed by atoms with Crippen LogP contribution in [0.2, 0.25) is 0 Å². The Morgan fingerprint density at radius 1 is 1.00 bits per heavy atom. The molecular weight excluding hydrogens is 314 g/mol. The van der Waals surface area contributed by atoms with Crippen molar-refractivity contribution in [3.05, 3.63) is 34.2 Å². The molecule has 0 radical (unpaired) electrons. The molecule has 2 aromatic heterocycles. The van der Waals surface area contributed by atoms with E-state index in [-0.39, 0.29) is 17.1 Å². The maximum absolute atomic E-state index is 12.5. The SMILES string of the molecule is CC(=O)Oc1cc2oc3cc(C)n(C)c(=O)c3c2cc1OC(C)=O. The van der Waals surface area contributed by atoms with Crippen LogP contribution >= 0.6 is 0 Å². The first kappa shape index (κ1) is 15.8. The number of carbonyl (C=O) groups is 2. The van der Waals surface area contributed by atoms with E-state index in [9.17, 15) is 14.4 Å². The summed E-state index contributed by atoms with van der Waals surface area (Å²) in [4.78, 5) is 35.1. The Hall–Kier alpha value is -3.09. The Morgan fingerprint density at radius 3 is 2.17 bits per heavy atom. The summed E-state index contributed by atoms with van der Waals surface area (Å²) in [5.74, 6) is -1.03. The predicted molar refractivity (Wildman–Crippen MR) is 86.3 cm³/mol. The van der Waals surface area contributed by atoms with Gasteiger partial charge >= 0.3 is 11.9 Å². The monoisotopic (exact) mass is 329 g/mol. The minimum Gasteiger partial charge on any atom is -0.456 e. The van der Waals surface area contributed by atoms with Crippen LogP contribution in [0.25, 0.3) is 21.9 Å². The highest BCUT2D eigenvalue weighted by molar-refractivity contribution is 6.06. The number of aryl methyl sites for hydroxylation is 1. The van der Waals surface area contributed by atoms with Crippen molar-refractivity contribution in [3.8, 4) is 11.5 Å². The van der Waals surface area contributed by atoms with Crippen molar-refractivity contribution in [2.45, 2.75) is 20.8 Å². The number of esters is 2. The number of ether oxygens (including phenoxy) is 2. The lowest BCUT2D eigenvalue weighted by Crippen LogP contribution is -2.18. The first-order valence-corrected chi connectivity index (χ1v) is 7.21. The van der Waals surface area contributed by atoms with Crippen molar-refractivity contribution in [2.75, 3.05) is 0 Å². The number of aromatic nitrogens is 1. The van der Waals surface area contributed by atoms with Gasteiger partial charge in [0.1, 0.15) is 11.2 Å². The Morgan fingerprint density at radius 2 is 1.58 bits per heavy atom. The number of hydrogen-bond donors (Lipinski definition) is 0. The lowest BCUT2D eigenvalue weighted by Gasteiger charge is -2.08. The number of rotatable bonds is 2. The molecule has 0 aliphatic carbocycles. The maximum Gasteiger partial charge on any atom is 0.308 e. The minimum atomic E-state index is -0.570. The molecule has 7 nitrogen and oxygen atoms in total. The summed E-state index contributed by atoms with van der Waals surface area (Å²) in [7, 11) is 1.66. The molecule has 0 fully saturated rings. The molecule has 0 N–H and O–H groups in total. The van der Waals surface area contributed by atoms with Gasteiger partial charge in [-0.2, -0.15) is 0 Å². The summed E-state index contributed by atoms with van der Waals surface area (Å²) >= 11 is 0. The summed E-state index contributed by atoms with van der Waals surface area (Å²) < 4.78 is 17.4. The molecule has 0 saturated carbocycles. The lowest BCUT2D eigenvalue weighted by molar-refractivity contribution is -0.134. The molecule has 0 atom stereocenters. The normalized spacial score (nSPS) is 11.0. The second-order valence-corrected chi connectivity index (χ2v) is 5.47. The molecule has 0 saturated heterocycles. The van der Waals surface area contributed by atoms with Gasteiger partial charge in [-0.15, -0.1) is 0 Å². The Bertz CT molecular complexity index is 1060. The molecule has 2 heterocycles. The van der Waals surface area contributed by atoms with Crippen LogP contribution in [-0.4, -0.2) is 16.5 Å². The van der Waals surface area contributed by atoms with Crippen LogP contribution in [-0.2, 0) is 16.6 Å². The van der Waals surface area contributed by atoms with E-state index < -0.39 is 11.9 Å². The maximum atomic E-state index is 12.5. The number of pyridine rings is 1. The first-order chi connectivity index (χ1) is 11.3. The van der Waals surface area contributed by atoms with E-state index in [1.807, 2.05) is 0 Å². The van der Waals surface area contributed by atoms with Crippen LogP contribution < -0.4 is 15.0 Å². The third-order valence-electron chi connectivity index (χ3n) is 3.68. The molecule has 24 heavy (non-hydrogen) atoms. The standard InChI is InChI=1S/C17H15NO6/c1-8-5-15-16(17(21)18(8)4)11-6-13(22-9(2)19)14(23-10(3)20)7-12(11)24-15/h5-7H,1-4H3. The van der Waals surface area contributed by atoms with Crippen LogP contribution in [0.1, 0.15) is 19.5 Å². The van der Waals surface area contributed by atoms with Gasteiger partial charge in [0.2, 0.25) is 0 Å². The fraction of sp³-hybridized carbons (Fsp3) is 0.235. The average molecular weight is 329 g/mol. The summed E-state index contributed by atoms with van der Waals surface area (Å²) in [5.41, 5.74) is 1.30. The summed E-state index contributed by atoms with van der Waals surface area (Å²) in [6, 6.07) is 4.65. The summed E-state index contributed by atoms with van der Waals surface area (Å²) in [6.45, 7) is 4.26. The van der Waals surface area contributed by atoms with Gasteiger partial charge in [0.15, 0.2) is 11.5 Å². The Labute approximate surface area is 136 Å². The molecular formula is C17H15NO6. The van der Waals surface area contributed by atoms with Gasteiger partial charge in [0.05, 0.1) is 5.39 Å². The fourth-order valence-electron chi connectivity index (χ4n) is 2.53. The minimum absolute atomic E-state index is 0.0514. The molecule has 0 spiro atoms. The molecule has 7 heteroatoms. The van der Waals surface area contributed by atoms with Gasteiger partial charge in [-0.05, 0) is 13.0 Å². The number of carbonyl (C=O) groups excluding carboxylic acids is 2. The van der Waals surface area contributed by atoms with Gasteiger partial charge in [-0.1, -0.05) is 0 Å². The van der Waals surface area contributed by atoms with Gasteiger partial charge < -0.3 is 18.5 Å². The fourth-order valence-corrected chi connectivity index (χ4v) is 2.53. The van der Waals surface area contributed by atoms with E-state index in [1.165, 1.54) is 30.5 Å². The Kier molecular flexibility index (Phi) is 3.63. The van der Waals surface area contributed by atoms with E-state index in [4.69, 9.17) is 13.9 Å². The van der Waals surface area contributed by atoms with Gasteiger partial charge in [0.25, 0.3) is 5.56 Å². The molecule has 124 valence electrons. The molecule has 0 unspecified atom stereocenters. The van der Waals surface area contributed by atoms with Crippen LogP contribution in [0.15, 0.2) is 27.4 Å². The molecule has 0 aliphatic heterocycles. The van der Waals surface area contributed by atoms with E-state index in [0.29, 0.717) is 21.9 Å². The second-order valence-electron chi connectivity index (χ2n) is 5.47. The number of hydrogen-bond acceptors (Lipinski definition) is 6. The largest absolute Gasteiger partial charge is 0.456 e. The predicted octanol–water partition coefficient (Wildman–Crippen LogP) is 2.44. The van der Waals surface area contributed by atoms with Crippen LogP contribution in [0.4, 0.5) is 0 Å². The number of benzene rings is 1. The lowest BCUT2D eigenvalue weighted by atomic mass is 10.1. The highest BCUT2D eigenvalue weighted by Crippen LogP contribution is 2.37. The van der Waals surface area contributed by atoms with E-state index >= 15 is 0 Å². The van der Waals surface area contributed by atoms with Crippen LogP contribution in [0.3, 0.4) is 0 Å². The molecule has 0 aliphatic rings. The number of fused-ring (bicyclic) bond motifs is 3. The van der Waals surface area contributed by atoms with E-state index in [0.717, 1.165) is 5.69 Å². The Balaban J connectivity index is 2.38.